The van der Waals surface area contributed by atoms with Gasteiger partial charge in [-0.2, -0.15) is 0 Å². The molecule has 2 fully saturated rings. The van der Waals surface area contributed by atoms with Gasteiger partial charge in [0.15, 0.2) is 5.69 Å². The van der Waals surface area contributed by atoms with Crippen molar-refractivity contribution in [3.63, 3.8) is 0 Å². The summed E-state index contributed by atoms with van der Waals surface area (Å²) in [7, 11) is 3.49. The monoisotopic (exact) mass is 426 g/mol. The molecule has 0 aliphatic carbocycles. The number of rotatable bonds is 5. The molecule has 2 amide bonds. The third kappa shape index (κ3) is 4.40. The van der Waals surface area contributed by atoms with Crippen molar-refractivity contribution in [1.29, 1.82) is 0 Å². The SMILES string of the molecule is CCc1cc(C(=O)N2C[C@H](C(=O)N(C)C)[C@@H](c3ccnc(N4CCCCC4)n3)C2)no1. The molecule has 4 rings (SSSR count). The van der Waals surface area contributed by atoms with E-state index in [1.54, 1.807) is 36.2 Å². The molecule has 2 aromatic rings. The molecule has 0 aromatic carbocycles. The number of likely N-dealkylation sites (tertiary alicyclic amines) is 1. The molecule has 2 saturated heterocycles. The van der Waals surface area contributed by atoms with Gasteiger partial charge in [-0.05, 0) is 25.3 Å². The van der Waals surface area contributed by atoms with Crippen LogP contribution in [0.25, 0.3) is 0 Å². The second-order valence-electron chi connectivity index (χ2n) is 8.52. The van der Waals surface area contributed by atoms with Gasteiger partial charge in [0, 0.05) is 64.9 Å². The summed E-state index contributed by atoms with van der Waals surface area (Å²) in [5.41, 5.74) is 1.09. The molecule has 0 saturated carbocycles. The summed E-state index contributed by atoms with van der Waals surface area (Å²) < 4.78 is 5.20. The molecule has 4 heterocycles. The Labute approximate surface area is 182 Å². The van der Waals surface area contributed by atoms with Crippen LogP contribution in [0, 0.1) is 5.92 Å². The Morgan fingerprint density at radius 3 is 2.65 bits per heavy atom. The van der Waals surface area contributed by atoms with E-state index in [9.17, 15) is 9.59 Å². The highest BCUT2D eigenvalue weighted by molar-refractivity contribution is 5.93. The number of hydrogen-bond donors (Lipinski definition) is 0. The Kier molecular flexibility index (Phi) is 6.20. The number of aromatic nitrogens is 3. The molecule has 9 heteroatoms. The quantitative estimate of drug-likeness (QED) is 0.721. The third-order valence-electron chi connectivity index (χ3n) is 6.17. The summed E-state index contributed by atoms with van der Waals surface area (Å²) in [6.07, 6.45) is 5.94. The zero-order valence-corrected chi connectivity index (χ0v) is 18.5. The molecule has 0 radical (unpaired) electrons. The van der Waals surface area contributed by atoms with Gasteiger partial charge in [0.05, 0.1) is 11.6 Å². The standard InChI is InChI=1S/C22H30N6O3/c1-4-15-12-19(25-31-15)21(30)28-13-16(17(14-28)20(29)26(2)3)18-8-9-23-22(24-18)27-10-6-5-7-11-27/h8-9,12,16-17H,4-7,10-11,13-14H2,1-3H3/t16-,17-/m0/s1. The van der Waals surface area contributed by atoms with Crippen molar-refractivity contribution < 1.29 is 14.1 Å². The van der Waals surface area contributed by atoms with Crippen LogP contribution in [0.5, 0.6) is 0 Å². The molecular weight excluding hydrogens is 396 g/mol. The van der Waals surface area contributed by atoms with Gasteiger partial charge in [0.25, 0.3) is 5.91 Å². The van der Waals surface area contributed by atoms with Crippen LogP contribution in [0.2, 0.25) is 0 Å². The molecule has 166 valence electrons. The van der Waals surface area contributed by atoms with E-state index in [1.807, 2.05) is 13.0 Å². The van der Waals surface area contributed by atoms with E-state index < -0.39 is 0 Å². The Balaban J connectivity index is 1.60. The molecular formula is C22H30N6O3. The second kappa shape index (κ2) is 9.03. The topological polar surface area (TPSA) is 95.7 Å². The Morgan fingerprint density at radius 1 is 1.19 bits per heavy atom. The number of anilines is 1. The maximum Gasteiger partial charge on any atom is 0.276 e. The largest absolute Gasteiger partial charge is 0.361 e. The highest BCUT2D eigenvalue weighted by atomic mass is 16.5. The molecule has 2 atom stereocenters. The second-order valence-corrected chi connectivity index (χ2v) is 8.52. The van der Waals surface area contributed by atoms with E-state index in [0.29, 0.717) is 31.2 Å². The summed E-state index contributed by atoms with van der Waals surface area (Å²) in [5.74, 6) is 0.605. The Hall–Kier alpha value is -2.97. The lowest BCUT2D eigenvalue weighted by Crippen LogP contribution is -2.35. The van der Waals surface area contributed by atoms with Crippen molar-refractivity contribution in [1.82, 2.24) is 24.9 Å². The number of nitrogens with zero attached hydrogens (tertiary/aromatic N) is 6. The van der Waals surface area contributed by atoms with E-state index in [-0.39, 0.29) is 29.3 Å². The van der Waals surface area contributed by atoms with E-state index in [4.69, 9.17) is 9.51 Å². The highest BCUT2D eigenvalue weighted by Gasteiger charge is 2.42. The first kappa shape index (κ1) is 21.3. The average Bonchev–Trinajstić information content (AvgIpc) is 3.46. The lowest BCUT2D eigenvalue weighted by atomic mass is 9.91. The van der Waals surface area contributed by atoms with Gasteiger partial charge in [-0.1, -0.05) is 12.1 Å². The molecule has 0 bridgehead atoms. The predicted molar refractivity (Wildman–Crippen MR) is 115 cm³/mol. The molecule has 9 nitrogen and oxygen atoms in total. The third-order valence-corrected chi connectivity index (χ3v) is 6.17. The molecule has 0 spiro atoms. The minimum absolute atomic E-state index is 0.00663. The first-order valence-corrected chi connectivity index (χ1v) is 11.0. The number of hydrogen-bond acceptors (Lipinski definition) is 7. The number of carbonyl (C=O) groups is 2. The van der Waals surface area contributed by atoms with Gasteiger partial charge in [-0.25, -0.2) is 9.97 Å². The summed E-state index contributed by atoms with van der Waals surface area (Å²) >= 11 is 0. The summed E-state index contributed by atoms with van der Waals surface area (Å²) in [5, 5.41) is 3.92. The van der Waals surface area contributed by atoms with Gasteiger partial charge in [-0.3, -0.25) is 9.59 Å². The molecule has 2 aliphatic rings. The highest BCUT2D eigenvalue weighted by Crippen LogP contribution is 2.34. The van der Waals surface area contributed by atoms with Crippen LogP contribution in [0.3, 0.4) is 0 Å². The lowest BCUT2D eigenvalue weighted by molar-refractivity contribution is -0.132. The smallest absolute Gasteiger partial charge is 0.276 e. The Bertz CT molecular complexity index is 937. The van der Waals surface area contributed by atoms with Crippen LogP contribution in [0.1, 0.15) is 54.0 Å². The minimum atomic E-state index is -0.361. The Morgan fingerprint density at radius 2 is 1.97 bits per heavy atom. The van der Waals surface area contributed by atoms with Crippen molar-refractivity contribution >= 4 is 17.8 Å². The van der Waals surface area contributed by atoms with Crippen molar-refractivity contribution in [3.8, 4) is 0 Å². The molecule has 31 heavy (non-hydrogen) atoms. The van der Waals surface area contributed by atoms with Crippen LogP contribution in [-0.2, 0) is 11.2 Å². The summed E-state index contributed by atoms with van der Waals surface area (Å²) in [6.45, 7) is 4.59. The molecule has 0 N–H and O–H groups in total. The fourth-order valence-electron chi connectivity index (χ4n) is 4.41. The van der Waals surface area contributed by atoms with Crippen molar-refractivity contribution in [2.75, 3.05) is 45.2 Å². The van der Waals surface area contributed by atoms with Crippen LogP contribution in [0.15, 0.2) is 22.9 Å². The van der Waals surface area contributed by atoms with Gasteiger partial charge in [0.2, 0.25) is 11.9 Å². The maximum absolute atomic E-state index is 13.0. The fraction of sp³-hybridized carbons (Fsp3) is 0.591. The predicted octanol–water partition coefficient (Wildman–Crippen LogP) is 1.96. The summed E-state index contributed by atoms with van der Waals surface area (Å²) in [6, 6.07) is 3.55. The molecule has 0 unspecified atom stereocenters. The summed E-state index contributed by atoms with van der Waals surface area (Å²) in [4.78, 5) is 40.8. The minimum Gasteiger partial charge on any atom is -0.361 e. The fourth-order valence-corrected chi connectivity index (χ4v) is 4.41. The van der Waals surface area contributed by atoms with Crippen LogP contribution >= 0.6 is 0 Å². The number of aryl methyl sites for hydroxylation is 1. The van der Waals surface area contributed by atoms with Crippen LogP contribution in [-0.4, -0.2) is 77.0 Å². The van der Waals surface area contributed by atoms with E-state index >= 15 is 0 Å². The van der Waals surface area contributed by atoms with E-state index in [2.05, 4.69) is 15.0 Å². The molecule has 2 aromatic heterocycles. The van der Waals surface area contributed by atoms with Gasteiger partial charge >= 0.3 is 0 Å². The zero-order valence-electron chi connectivity index (χ0n) is 18.5. The van der Waals surface area contributed by atoms with E-state index in [0.717, 1.165) is 31.6 Å². The van der Waals surface area contributed by atoms with Crippen LogP contribution < -0.4 is 4.90 Å². The van der Waals surface area contributed by atoms with Gasteiger partial charge in [0.1, 0.15) is 5.76 Å². The normalized spacial score (nSPS) is 21.4. The van der Waals surface area contributed by atoms with Crippen LogP contribution in [0.4, 0.5) is 5.95 Å². The van der Waals surface area contributed by atoms with Crippen molar-refractivity contribution in [3.05, 3.63) is 35.5 Å². The van der Waals surface area contributed by atoms with Gasteiger partial charge < -0.3 is 19.2 Å². The maximum atomic E-state index is 13.0. The first-order chi connectivity index (χ1) is 15.0. The first-order valence-electron chi connectivity index (χ1n) is 11.0. The lowest BCUT2D eigenvalue weighted by Gasteiger charge is -2.27. The average molecular weight is 427 g/mol. The van der Waals surface area contributed by atoms with Crippen molar-refractivity contribution in [2.45, 2.75) is 38.5 Å². The molecule has 2 aliphatic heterocycles. The van der Waals surface area contributed by atoms with Gasteiger partial charge in [-0.15, -0.1) is 0 Å². The number of amides is 2. The number of carbonyl (C=O) groups excluding carboxylic acids is 2. The number of piperidine rings is 1. The van der Waals surface area contributed by atoms with E-state index in [1.165, 1.54) is 6.42 Å². The zero-order chi connectivity index (χ0) is 22.0. The van der Waals surface area contributed by atoms with Crippen molar-refractivity contribution in [2.24, 2.45) is 5.92 Å².